The number of carbonyl (C=O) groups is 1. The molecule has 0 aromatic heterocycles. The minimum atomic E-state index is 0.0606. The SMILES string of the molecule is COc1ccc(C)cc1NCC(=O)NC1CCCCCC1. The summed E-state index contributed by atoms with van der Waals surface area (Å²) in [5.41, 5.74) is 2.01. The van der Waals surface area contributed by atoms with Crippen LogP contribution in [0, 0.1) is 6.92 Å². The average molecular weight is 290 g/mol. The normalized spacial score (nSPS) is 16.1. The fourth-order valence-corrected chi connectivity index (χ4v) is 2.84. The summed E-state index contributed by atoms with van der Waals surface area (Å²) in [5, 5.41) is 6.31. The average Bonchev–Trinajstić information content (AvgIpc) is 2.74. The van der Waals surface area contributed by atoms with Crippen LogP contribution in [0.15, 0.2) is 18.2 Å². The first-order chi connectivity index (χ1) is 10.2. The van der Waals surface area contributed by atoms with E-state index in [0.717, 1.165) is 29.8 Å². The van der Waals surface area contributed by atoms with Gasteiger partial charge in [-0.25, -0.2) is 0 Å². The molecule has 1 aliphatic rings. The maximum atomic E-state index is 12.1. The Balaban J connectivity index is 1.84. The minimum Gasteiger partial charge on any atom is -0.495 e. The number of aryl methyl sites for hydroxylation is 1. The summed E-state index contributed by atoms with van der Waals surface area (Å²) in [6.07, 6.45) is 7.27. The molecule has 4 nitrogen and oxygen atoms in total. The van der Waals surface area contributed by atoms with E-state index in [9.17, 15) is 4.79 Å². The smallest absolute Gasteiger partial charge is 0.239 e. The Labute approximate surface area is 127 Å². The molecule has 0 spiro atoms. The van der Waals surface area contributed by atoms with Gasteiger partial charge in [0.05, 0.1) is 19.3 Å². The van der Waals surface area contributed by atoms with Crippen molar-refractivity contribution < 1.29 is 9.53 Å². The summed E-state index contributed by atoms with van der Waals surface area (Å²) < 4.78 is 5.30. The van der Waals surface area contributed by atoms with Crippen LogP contribution < -0.4 is 15.4 Å². The van der Waals surface area contributed by atoms with E-state index >= 15 is 0 Å². The van der Waals surface area contributed by atoms with Gasteiger partial charge in [-0.2, -0.15) is 0 Å². The number of benzene rings is 1. The van der Waals surface area contributed by atoms with Crippen LogP contribution in [0.5, 0.6) is 5.75 Å². The summed E-state index contributed by atoms with van der Waals surface area (Å²) in [4.78, 5) is 12.1. The predicted molar refractivity (Wildman–Crippen MR) is 85.9 cm³/mol. The van der Waals surface area contributed by atoms with E-state index in [1.54, 1.807) is 7.11 Å². The second-order valence-electron chi connectivity index (χ2n) is 5.81. The third kappa shape index (κ3) is 4.96. The number of ether oxygens (including phenoxy) is 1. The Hall–Kier alpha value is -1.71. The van der Waals surface area contributed by atoms with Gasteiger partial charge in [-0.3, -0.25) is 4.79 Å². The van der Waals surface area contributed by atoms with Crippen molar-refractivity contribution in [3.63, 3.8) is 0 Å². The van der Waals surface area contributed by atoms with Crippen molar-refractivity contribution in [2.24, 2.45) is 0 Å². The first kappa shape index (κ1) is 15.7. The number of carbonyl (C=O) groups excluding carboxylic acids is 1. The van der Waals surface area contributed by atoms with Crippen LogP contribution in [-0.2, 0) is 4.79 Å². The van der Waals surface area contributed by atoms with Gasteiger partial charge < -0.3 is 15.4 Å². The monoisotopic (exact) mass is 290 g/mol. The van der Waals surface area contributed by atoms with Gasteiger partial charge in [0.15, 0.2) is 0 Å². The lowest BCUT2D eigenvalue weighted by Gasteiger charge is -2.17. The molecule has 0 radical (unpaired) electrons. The molecule has 1 aromatic carbocycles. The van der Waals surface area contributed by atoms with Gasteiger partial charge in [0.1, 0.15) is 5.75 Å². The molecular weight excluding hydrogens is 264 g/mol. The number of amides is 1. The third-order valence-corrected chi connectivity index (χ3v) is 4.01. The van der Waals surface area contributed by atoms with Crippen molar-refractivity contribution in [1.82, 2.24) is 5.32 Å². The van der Waals surface area contributed by atoms with E-state index in [2.05, 4.69) is 10.6 Å². The van der Waals surface area contributed by atoms with Crippen LogP contribution in [0.3, 0.4) is 0 Å². The van der Waals surface area contributed by atoms with Crippen LogP contribution in [0.4, 0.5) is 5.69 Å². The van der Waals surface area contributed by atoms with Crippen molar-refractivity contribution in [1.29, 1.82) is 0 Å². The highest BCUT2D eigenvalue weighted by Gasteiger charge is 2.14. The van der Waals surface area contributed by atoms with Crippen molar-refractivity contribution >= 4 is 11.6 Å². The van der Waals surface area contributed by atoms with E-state index in [-0.39, 0.29) is 12.5 Å². The Morgan fingerprint density at radius 3 is 2.62 bits per heavy atom. The lowest BCUT2D eigenvalue weighted by Crippen LogP contribution is -2.38. The lowest BCUT2D eigenvalue weighted by molar-refractivity contribution is -0.120. The Morgan fingerprint density at radius 1 is 1.24 bits per heavy atom. The van der Waals surface area contributed by atoms with E-state index in [1.807, 2.05) is 25.1 Å². The molecule has 0 saturated heterocycles. The molecule has 2 rings (SSSR count). The van der Waals surface area contributed by atoms with Gasteiger partial charge in [-0.15, -0.1) is 0 Å². The van der Waals surface area contributed by atoms with E-state index in [4.69, 9.17) is 4.74 Å². The van der Waals surface area contributed by atoms with Gasteiger partial charge in [0.25, 0.3) is 0 Å². The van der Waals surface area contributed by atoms with Crippen LogP contribution in [-0.4, -0.2) is 25.6 Å². The van der Waals surface area contributed by atoms with Gasteiger partial charge >= 0.3 is 0 Å². The summed E-state index contributed by atoms with van der Waals surface area (Å²) in [5.74, 6) is 0.827. The zero-order valence-corrected chi connectivity index (χ0v) is 13.1. The number of nitrogens with one attached hydrogen (secondary N) is 2. The van der Waals surface area contributed by atoms with E-state index < -0.39 is 0 Å². The molecule has 1 amide bonds. The van der Waals surface area contributed by atoms with Crippen LogP contribution >= 0.6 is 0 Å². The van der Waals surface area contributed by atoms with E-state index in [1.165, 1.54) is 25.7 Å². The number of methoxy groups -OCH3 is 1. The standard InChI is InChI=1S/C17H26N2O2/c1-13-9-10-16(21-2)15(11-13)18-12-17(20)19-14-7-5-3-4-6-8-14/h9-11,14,18H,3-8,12H2,1-2H3,(H,19,20). The first-order valence-corrected chi connectivity index (χ1v) is 7.87. The second kappa shape index (κ2) is 7.91. The van der Waals surface area contributed by atoms with Crippen LogP contribution in [0.2, 0.25) is 0 Å². The van der Waals surface area contributed by atoms with Crippen molar-refractivity contribution in [2.75, 3.05) is 19.0 Å². The van der Waals surface area contributed by atoms with Gasteiger partial charge in [0, 0.05) is 6.04 Å². The third-order valence-electron chi connectivity index (χ3n) is 4.01. The topological polar surface area (TPSA) is 50.4 Å². The molecule has 1 aromatic rings. The highest BCUT2D eigenvalue weighted by atomic mass is 16.5. The minimum absolute atomic E-state index is 0.0606. The van der Waals surface area contributed by atoms with Crippen molar-refractivity contribution in [2.45, 2.75) is 51.5 Å². The van der Waals surface area contributed by atoms with Crippen LogP contribution in [0.25, 0.3) is 0 Å². The molecule has 1 saturated carbocycles. The molecule has 1 fully saturated rings. The van der Waals surface area contributed by atoms with E-state index in [0.29, 0.717) is 6.04 Å². The Bertz CT molecular complexity index is 466. The largest absolute Gasteiger partial charge is 0.495 e. The molecule has 0 heterocycles. The van der Waals surface area contributed by atoms with Gasteiger partial charge in [-0.05, 0) is 37.5 Å². The number of rotatable bonds is 5. The predicted octanol–water partition coefficient (Wildman–Crippen LogP) is 3.25. The summed E-state index contributed by atoms with van der Waals surface area (Å²) >= 11 is 0. The zero-order valence-electron chi connectivity index (χ0n) is 13.1. The summed E-state index contributed by atoms with van der Waals surface area (Å²) in [6, 6.07) is 6.26. The molecule has 4 heteroatoms. The maximum absolute atomic E-state index is 12.1. The molecule has 0 unspecified atom stereocenters. The lowest BCUT2D eigenvalue weighted by atomic mass is 10.1. The quantitative estimate of drug-likeness (QED) is 0.818. The van der Waals surface area contributed by atoms with Crippen molar-refractivity contribution in [3.8, 4) is 5.75 Å². The fraction of sp³-hybridized carbons (Fsp3) is 0.588. The number of hydrogen-bond acceptors (Lipinski definition) is 3. The molecule has 0 bridgehead atoms. The molecule has 1 aliphatic carbocycles. The molecule has 0 atom stereocenters. The fourth-order valence-electron chi connectivity index (χ4n) is 2.84. The van der Waals surface area contributed by atoms with Crippen molar-refractivity contribution in [3.05, 3.63) is 23.8 Å². The molecule has 0 aliphatic heterocycles. The highest BCUT2D eigenvalue weighted by molar-refractivity contribution is 5.81. The Morgan fingerprint density at radius 2 is 1.95 bits per heavy atom. The second-order valence-corrected chi connectivity index (χ2v) is 5.81. The molecule has 2 N–H and O–H groups in total. The number of hydrogen-bond donors (Lipinski definition) is 2. The number of anilines is 1. The maximum Gasteiger partial charge on any atom is 0.239 e. The van der Waals surface area contributed by atoms with Gasteiger partial charge in [-0.1, -0.05) is 31.7 Å². The first-order valence-electron chi connectivity index (χ1n) is 7.87. The summed E-state index contributed by atoms with van der Waals surface area (Å²) in [6.45, 7) is 2.31. The molecular formula is C17H26N2O2. The van der Waals surface area contributed by atoms with Gasteiger partial charge in [0.2, 0.25) is 5.91 Å². The zero-order chi connectivity index (χ0) is 15.1. The Kier molecular flexibility index (Phi) is 5.90. The molecule has 21 heavy (non-hydrogen) atoms. The van der Waals surface area contributed by atoms with Crippen LogP contribution in [0.1, 0.15) is 44.1 Å². The highest BCUT2D eigenvalue weighted by Crippen LogP contribution is 2.24. The molecule has 116 valence electrons. The summed E-state index contributed by atoms with van der Waals surface area (Å²) in [7, 11) is 1.64.